The molecule has 1 fully saturated rings. The van der Waals surface area contributed by atoms with Gasteiger partial charge in [0.05, 0.1) is 17.7 Å². The van der Waals surface area contributed by atoms with E-state index < -0.39 is 12.0 Å². The van der Waals surface area contributed by atoms with Crippen LogP contribution in [0.5, 0.6) is 11.5 Å². The number of carboxylic acid groups (broad SMARTS) is 1. The molecule has 21 heavy (non-hydrogen) atoms. The van der Waals surface area contributed by atoms with Crippen molar-refractivity contribution < 1.29 is 24.1 Å². The van der Waals surface area contributed by atoms with E-state index in [2.05, 4.69) is 15.9 Å². The fourth-order valence-electron chi connectivity index (χ4n) is 2.63. The molecule has 1 atom stereocenters. The Morgan fingerprint density at radius 2 is 1.90 bits per heavy atom. The lowest BCUT2D eigenvalue weighted by molar-refractivity contribution is -0.145. The molecule has 7 heteroatoms. The maximum absolute atomic E-state index is 11.7. The van der Waals surface area contributed by atoms with Crippen molar-refractivity contribution in [2.45, 2.75) is 6.04 Å². The standard InChI is InChI=1S/C14H16BrNO5/c15-10-7-9(8-11-13(10)21-6-5-20-11)12(14(17)18)16-1-3-19-4-2-16/h7-8,12H,1-6H2,(H,17,18). The molecular formula is C14H16BrNO5. The second-order valence-corrected chi connectivity index (χ2v) is 5.77. The van der Waals surface area contributed by atoms with E-state index in [0.29, 0.717) is 61.1 Å². The second-order valence-electron chi connectivity index (χ2n) is 4.92. The number of halogens is 1. The van der Waals surface area contributed by atoms with Crippen LogP contribution in [0.15, 0.2) is 16.6 Å². The summed E-state index contributed by atoms with van der Waals surface area (Å²) in [7, 11) is 0. The molecule has 0 aliphatic carbocycles. The quantitative estimate of drug-likeness (QED) is 0.887. The van der Waals surface area contributed by atoms with E-state index in [9.17, 15) is 9.90 Å². The van der Waals surface area contributed by atoms with Gasteiger partial charge in [-0.1, -0.05) is 0 Å². The normalized spacial score (nSPS) is 20.0. The van der Waals surface area contributed by atoms with Gasteiger partial charge >= 0.3 is 5.97 Å². The fourth-order valence-corrected chi connectivity index (χ4v) is 3.21. The molecule has 0 saturated carbocycles. The third-order valence-corrected chi connectivity index (χ3v) is 4.17. The fraction of sp³-hybridized carbons (Fsp3) is 0.500. The third-order valence-electron chi connectivity index (χ3n) is 3.58. The van der Waals surface area contributed by atoms with E-state index in [-0.39, 0.29) is 0 Å². The summed E-state index contributed by atoms with van der Waals surface area (Å²) in [4.78, 5) is 13.6. The number of aliphatic carboxylic acids is 1. The van der Waals surface area contributed by atoms with Crippen molar-refractivity contribution in [1.29, 1.82) is 0 Å². The van der Waals surface area contributed by atoms with Crippen molar-refractivity contribution in [3.63, 3.8) is 0 Å². The van der Waals surface area contributed by atoms with Gasteiger partial charge in [-0.05, 0) is 33.6 Å². The number of ether oxygens (including phenoxy) is 3. The minimum Gasteiger partial charge on any atom is -0.486 e. The molecule has 2 heterocycles. The highest BCUT2D eigenvalue weighted by atomic mass is 79.9. The monoisotopic (exact) mass is 357 g/mol. The molecule has 6 nitrogen and oxygen atoms in total. The Kier molecular flexibility index (Phi) is 4.32. The first-order valence-corrected chi connectivity index (χ1v) is 7.60. The molecule has 0 amide bonds. The Morgan fingerprint density at radius 3 is 2.62 bits per heavy atom. The summed E-state index contributed by atoms with van der Waals surface area (Å²) in [6, 6.07) is 2.84. The van der Waals surface area contributed by atoms with Crippen molar-refractivity contribution in [1.82, 2.24) is 4.90 Å². The minimum atomic E-state index is -0.875. The van der Waals surface area contributed by atoms with E-state index in [1.54, 1.807) is 12.1 Å². The van der Waals surface area contributed by atoms with Crippen LogP contribution in [0, 0.1) is 0 Å². The van der Waals surface area contributed by atoms with E-state index >= 15 is 0 Å². The largest absolute Gasteiger partial charge is 0.486 e. The molecule has 0 bridgehead atoms. The van der Waals surface area contributed by atoms with E-state index in [4.69, 9.17) is 14.2 Å². The van der Waals surface area contributed by atoms with Crippen LogP contribution in [0.4, 0.5) is 0 Å². The molecule has 1 unspecified atom stereocenters. The van der Waals surface area contributed by atoms with Crippen molar-refractivity contribution in [2.24, 2.45) is 0 Å². The number of nitrogens with zero attached hydrogens (tertiary/aromatic N) is 1. The molecular weight excluding hydrogens is 342 g/mol. The van der Waals surface area contributed by atoms with Gasteiger partial charge < -0.3 is 19.3 Å². The van der Waals surface area contributed by atoms with Gasteiger partial charge in [0, 0.05) is 13.1 Å². The van der Waals surface area contributed by atoms with Crippen molar-refractivity contribution in [3.05, 3.63) is 22.2 Å². The lowest BCUT2D eigenvalue weighted by Gasteiger charge is -2.32. The zero-order valence-corrected chi connectivity index (χ0v) is 13.0. The highest BCUT2D eigenvalue weighted by Gasteiger charge is 2.30. The Bertz CT molecular complexity index is 544. The number of hydrogen-bond donors (Lipinski definition) is 1. The van der Waals surface area contributed by atoms with Crippen molar-refractivity contribution in [3.8, 4) is 11.5 Å². The van der Waals surface area contributed by atoms with Crippen molar-refractivity contribution >= 4 is 21.9 Å². The highest BCUT2D eigenvalue weighted by Crippen LogP contribution is 2.40. The predicted molar refractivity (Wildman–Crippen MR) is 77.9 cm³/mol. The van der Waals surface area contributed by atoms with Crippen LogP contribution in [0.25, 0.3) is 0 Å². The van der Waals surface area contributed by atoms with Gasteiger partial charge in [0.2, 0.25) is 0 Å². The molecule has 114 valence electrons. The molecule has 0 aromatic heterocycles. The van der Waals surface area contributed by atoms with Crippen LogP contribution in [0.1, 0.15) is 11.6 Å². The molecule has 1 saturated heterocycles. The first-order valence-electron chi connectivity index (χ1n) is 6.80. The summed E-state index contributed by atoms with van der Waals surface area (Å²) >= 11 is 3.43. The van der Waals surface area contributed by atoms with Gasteiger partial charge in [-0.3, -0.25) is 9.69 Å². The van der Waals surface area contributed by atoms with E-state index in [1.807, 2.05) is 4.90 Å². The van der Waals surface area contributed by atoms with E-state index in [1.165, 1.54) is 0 Å². The highest BCUT2D eigenvalue weighted by molar-refractivity contribution is 9.10. The van der Waals surface area contributed by atoms with Crippen LogP contribution in [0.3, 0.4) is 0 Å². The van der Waals surface area contributed by atoms with Gasteiger partial charge in [-0.25, -0.2) is 0 Å². The summed E-state index contributed by atoms with van der Waals surface area (Å²) in [5.74, 6) is 0.349. The molecule has 1 aromatic rings. The number of benzene rings is 1. The Labute approximate surface area is 130 Å². The number of carbonyl (C=O) groups is 1. The van der Waals surface area contributed by atoms with Gasteiger partial charge in [-0.15, -0.1) is 0 Å². The number of morpholine rings is 1. The average molecular weight is 358 g/mol. The minimum absolute atomic E-state index is 0.470. The molecule has 1 N–H and O–H groups in total. The molecule has 3 rings (SSSR count). The summed E-state index contributed by atoms with van der Waals surface area (Å²) in [5.41, 5.74) is 0.681. The predicted octanol–water partition coefficient (Wildman–Crippen LogP) is 1.68. The molecule has 1 aromatic carbocycles. The van der Waals surface area contributed by atoms with Crippen LogP contribution >= 0.6 is 15.9 Å². The molecule has 2 aliphatic heterocycles. The first kappa shape index (κ1) is 14.6. The van der Waals surface area contributed by atoms with Crippen molar-refractivity contribution in [2.75, 3.05) is 39.5 Å². The van der Waals surface area contributed by atoms with Gasteiger partial charge in [0.1, 0.15) is 19.3 Å². The van der Waals surface area contributed by atoms with Crippen LogP contribution < -0.4 is 9.47 Å². The lowest BCUT2D eigenvalue weighted by atomic mass is 10.0. The summed E-state index contributed by atoms with van der Waals surface area (Å²) in [6.07, 6.45) is 0. The SMILES string of the molecule is O=C(O)C(c1cc(Br)c2c(c1)OCCO2)N1CCOCC1. The average Bonchev–Trinajstić information content (AvgIpc) is 2.48. The zero-order chi connectivity index (χ0) is 14.8. The summed E-state index contributed by atoms with van der Waals surface area (Å²) in [6.45, 7) is 3.27. The molecule has 2 aliphatic rings. The van der Waals surface area contributed by atoms with Gasteiger partial charge in [0.25, 0.3) is 0 Å². The first-order chi connectivity index (χ1) is 10.2. The maximum Gasteiger partial charge on any atom is 0.325 e. The summed E-state index contributed by atoms with van der Waals surface area (Å²) < 4.78 is 17.1. The Morgan fingerprint density at radius 1 is 1.19 bits per heavy atom. The number of rotatable bonds is 3. The van der Waals surface area contributed by atoms with Crippen LogP contribution in [0.2, 0.25) is 0 Å². The second kappa shape index (κ2) is 6.21. The Balaban J connectivity index is 1.95. The zero-order valence-electron chi connectivity index (χ0n) is 11.4. The lowest BCUT2D eigenvalue weighted by Crippen LogP contribution is -2.42. The third kappa shape index (κ3) is 3.00. The molecule has 0 radical (unpaired) electrons. The maximum atomic E-state index is 11.7. The van der Waals surface area contributed by atoms with Crippen LogP contribution in [-0.2, 0) is 9.53 Å². The van der Waals surface area contributed by atoms with Gasteiger partial charge in [-0.2, -0.15) is 0 Å². The Hall–Kier alpha value is -1.31. The number of carboxylic acids is 1. The van der Waals surface area contributed by atoms with E-state index in [0.717, 1.165) is 0 Å². The summed E-state index contributed by atoms with van der Waals surface area (Å²) in [5, 5.41) is 9.60. The smallest absolute Gasteiger partial charge is 0.325 e. The van der Waals surface area contributed by atoms with Crippen LogP contribution in [-0.4, -0.2) is 55.5 Å². The number of hydrogen-bond acceptors (Lipinski definition) is 5. The van der Waals surface area contributed by atoms with Gasteiger partial charge in [0.15, 0.2) is 11.5 Å². The number of fused-ring (bicyclic) bond motifs is 1. The topological polar surface area (TPSA) is 68.2 Å². The molecule has 0 spiro atoms.